The summed E-state index contributed by atoms with van der Waals surface area (Å²) >= 11 is 18.4. The molecule has 2 aliphatic heterocycles. The van der Waals surface area contributed by atoms with Crippen LogP contribution in [0.15, 0.2) is 42.5 Å². The van der Waals surface area contributed by atoms with Crippen LogP contribution in [0, 0.1) is 5.92 Å². The van der Waals surface area contributed by atoms with Crippen LogP contribution in [0.4, 0.5) is 0 Å². The van der Waals surface area contributed by atoms with E-state index in [1.54, 1.807) is 42.2 Å². The van der Waals surface area contributed by atoms with Crippen molar-refractivity contribution in [2.45, 2.75) is 38.1 Å². The van der Waals surface area contributed by atoms with Crippen molar-refractivity contribution in [3.63, 3.8) is 0 Å². The fourth-order valence-corrected chi connectivity index (χ4v) is 5.39. The van der Waals surface area contributed by atoms with E-state index in [4.69, 9.17) is 34.8 Å². The first kappa shape index (κ1) is 25.8. The lowest BCUT2D eigenvalue weighted by Crippen LogP contribution is -2.53. The lowest BCUT2D eigenvalue weighted by molar-refractivity contribution is -0.141. The number of piperidine rings is 2. The average Bonchev–Trinajstić information content (AvgIpc) is 2.86. The summed E-state index contributed by atoms with van der Waals surface area (Å²) in [6.07, 6.45) is 1.95. The fourth-order valence-electron chi connectivity index (χ4n) is 4.96. The minimum Gasteiger partial charge on any atom is -0.349 e. The van der Waals surface area contributed by atoms with E-state index < -0.39 is 0 Å². The number of hydrogen-bond donors (Lipinski definition) is 1. The van der Waals surface area contributed by atoms with E-state index in [2.05, 4.69) is 5.32 Å². The van der Waals surface area contributed by atoms with Gasteiger partial charge in [-0.3, -0.25) is 14.4 Å². The van der Waals surface area contributed by atoms with Crippen LogP contribution in [-0.2, 0) is 9.59 Å². The molecule has 6 nitrogen and oxygen atoms in total. The number of nitrogens with one attached hydrogen (secondary N) is 1. The Balaban J connectivity index is 1.51. The zero-order valence-corrected chi connectivity index (χ0v) is 21.7. The second kappa shape index (κ2) is 11.2. The standard InChI is InChI=1S/C26H28Cl3N3O3/c1-16(33)31-11-8-18(9-12-31)26(35)32-13-10-24(30-25(34)17-2-5-20(27)6-3-17)21(15-32)19-4-7-22(28)23(29)14-19/h2-7,14,18,21,24H,8-13,15H2,1H3,(H,30,34). The molecule has 2 atom stereocenters. The number of carbonyl (C=O) groups is 3. The van der Waals surface area contributed by atoms with Gasteiger partial charge in [-0.1, -0.05) is 40.9 Å². The highest BCUT2D eigenvalue weighted by Crippen LogP contribution is 2.33. The van der Waals surface area contributed by atoms with Gasteiger partial charge >= 0.3 is 0 Å². The Hall–Kier alpha value is -2.28. The van der Waals surface area contributed by atoms with Gasteiger partial charge in [-0.15, -0.1) is 0 Å². The SMILES string of the molecule is CC(=O)N1CCC(C(=O)N2CCC(NC(=O)c3ccc(Cl)cc3)C(c3ccc(Cl)c(Cl)c3)C2)CC1. The molecule has 4 rings (SSSR count). The summed E-state index contributed by atoms with van der Waals surface area (Å²) in [6.45, 7) is 3.79. The van der Waals surface area contributed by atoms with Crippen LogP contribution in [0.25, 0.3) is 0 Å². The van der Waals surface area contributed by atoms with Gasteiger partial charge in [0.15, 0.2) is 0 Å². The van der Waals surface area contributed by atoms with Gasteiger partial charge in [-0.25, -0.2) is 0 Å². The first-order valence-corrected chi connectivity index (χ1v) is 12.9. The molecule has 2 unspecified atom stereocenters. The second-order valence-electron chi connectivity index (χ2n) is 9.22. The molecule has 2 heterocycles. The van der Waals surface area contributed by atoms with Crippen LogP contribution in [0.5, 0.6) is 0 Å². The summed E-state index contributed by atoms with van der Waals surface area (Å²) < 4.78 is 0. The summed E-state index contributed by atoms with van der Waals surface area (Å²) in [6, 6.07) is 12.0. The summed E-state index contributed by atoms with van der Waals surface area (Å²) in [7, 11) is 0. The fraction of sp³-hybridized carbons (Fsp3) is 0.423. The third-order valence-corrected chi connectivity index (χ3v) is 8.00. The van der Waals surface area contributed by atoms with Crippen molar-refractivity contribution in [2.75, 3.05) is 26.2 Å². The summed E-state index contributed by atoms with van der Waals surface area (Å²) in [5, 5.41) is 4.61. The Bertz CT molecular complexity index is 1100. The number of halogens is 3. The van der Waals surface area contributed by atoms with Gasteiger partial charge in [0.2, 0.25) is 11.8 Å². The van der Waals surface area contributed by atoms with Crippen molar-refractivity contribution in [3.8, 4) is 0 Å². The molecule has 35 heavy (non-hydrogen) atoms. The molecule has 2 aromatic rings. The molecular weight excluding hydrogens is 509 g/mol. The number of hydrogen-bond acceptors (Lipinski definition) is 3. The van der Waals surface area contributed by atoms with Gasteiger partial charge in [-0.2, -0.15) is 0 Å². The number of benzene rings is 2. The minimum atomic E-state index is -0.187. The molecule has 0 aliphatic carbocycles. The van der Waals surface area contributed by atoms with Gasteiger partial charge in [0.25, 0.3) is 5.91 Å². The molecule has 2 aromatic carbocycles. The molecule has 2 aliphatic rings. The largest absolute Gasteiger partial charge is 0.349 e. The van der Waals surface area contributed by atoms with Crippen LogP contribution >= 0.6 is 34.8 Å². The number of nitrogens with zero attached hydrogens (tertiary/aromatic N) is 2. The number of likely N-dealkylation sites (tertiary alicyclic amines) is 2. The van der Waals surface area contributed by atoms with Crippen LogP contribution in [-0.4, -0.2) is 59.7 Å². The van der Waals surface area contributed by atoms with Gasteiger partial charge in [0, 0.05) is 61.6 Å². The van der Waals surface area contributed by atoms with Crippen LogP contribution in [0.1, 0.15) is 48.0 Å². The van der Waals surface area contributed by atoms with E-state index in [1.807, 2.05) is 17.0 Å². The molecule has 0 radical (unpaired) electrons. The molecule has 0 spiro atoms. The first-order chi connectivity index (χ1) is 16.7. The van der Waals surface area contributed by atoms with Crippen molar-refractivity contribution in [3.05, 3.63) is 68.7 Å². The Morgan fingerprint density at radius 1 is 0.857 bits per heavy atom. The molecule has 2 saturated heterocycles. The van der Waals surface area contributed by atoms with E-state index >= 15 is 0 Å². The van der Waals surface area contributed by atoms with Crippen LogP contribution < -0.4 is 5.32 Å². The topological polar surface area (TPSA) is 69.7 Å². The highest BCUT2D eigenvalue weighted by molar-refractivity contribution is 6.42. The predicted octanol–water partition coefficient (Wildman–Crippen LogP) is 5.02. The highest BCUT2D eigenvalue weighted by Gasteiger charge is 2.37. The molecule has 9 heteroatoms. The number of amides is 3. The smallest absolute Gasteiger partial charge is 0.251 e. The van der Waals surface area contributed by atoms with Gasteiger partial charge in [0.1, 0.15) is 0 Å². The molecule has 1 N–H and O–H groups in total. The van der Waals surface area contributed by atoms with Crippen LogP contribution in [0.2, 0.25) is 15.1 Å². The molecule has 0 saturated carbocycles. The average molecular weight is 537 g/mol. The van der Waals surface area contributed by atoms with Gasteiger partial charge < -0.3 is 15.1 Å². The van der Waals surface area contributed by atoms with Crippen LogP contribution in [0.3, 0.4) is 0 Å². The predicted molar refractivity (Wildman–Crippen MR) is 138 cm³/mol. The Kier molecular flexibility index (Phi) is 8.25. The van der Waals surface area contributed by atoms with Crippen molar-refractivity contribution >= 4 is 52.5 Å². The number of rotatable bonds is 4. The maximum absolute atomic E-state index is 13.4. The minimum absolute atomic E-state index is 0.0489. The Labute approximate surface area is 220 Å². The molecular formula is C26H28Cl3N3O3. The first-order valence-electron chi connectivity index (χ1n) is 11.8. The normalized spacial score (nSPS) is 21.0. The molecule has 2 fully saturated rings. The summed E-state index contributed by atoms with van der Waals surface area (Å²) in [5.74, 6) is -0.266. The van der Waals surface area contributed by atoms with Gasteiger partial charge in [-0.05, 0) is 61.2 Å². The lowest BCUT2D eigenvalue weighted by Gasteiger charge is -2.41. The Morgan fingerprint density at radius 3 is 2.14 bits per heavy atom. The molecule has 0 aromatic heterocycles. The lowest BCUT2D eigenvalue weighted by atomic mass is 9.84. The maximum Gasteiger partial charge on any atom is 0.251 e. The number of carbonyl (C=O) groups excluding carboxylic acids is 3. The monoisotopic (exact) mass is 535 g/mol. The van der Waals surface area contributed by atoms with E-state index in [9.17, 15) is 14.4 Å². The van der Waals surface area contributed by atoms with Gasteiger partial charge in [0.05, 0.1) is 10.0 Å². The molecule has 186 valence electrons. The third kappa shape index (κ3) is 6.11. The van der Waals surface area contributed by atoms with E-state index in [0.717, 1.165) is 5.56 Å². The Morgan fingerprint density at radius 2 is 1.51 bits per heavy atom. The maximum atomic E-state index is 13.4. The summed E-state index contributed by atoms with van der Waals surface area (Å²) in [5.41, 5.74) is 1.45. The van der Waals surface area contributed by atoms with Crippen molar-refractivity contribution in [2.24, 2.45) is 5.92 Å². The van der Waals surface area contributed by atoms with E-state index in [0.29, 0.717) is 66.1 Å². The second-order valence-corrected chi connectivity index (χ2v) is 10.5. The van der Waals surface area contributed by atoms with E-state index in [1.165, 1.54) is 0 Å². The van der Waals surface area contributed by atoms with Crippen molar-refractivity contribution in [1.82, 2.24) is 15.1 Å². The zero-order valence-electron chi connectivity index (χ0n) is 19.5. The molecule has 0 bridgehead atoms. The quantitative estimate of drug-likeness (QED) is 0.597. The zero-order chi connectivity index (χ0) is 25.1. The van der Waals surface area contributed by atoms with Crippen molar-refractivity contribution < 1.29 is 14.4 Å². The third-order valence-electron chi connectivity index (χ3n) is 7.01. The van der Waals surface area contributed by atoms with Crippen molar-refractivity contribution in [1.29, 1.82) is 0 Å². The summed E-state index contributed by atoms with van der Waals surface area (Å²) in [4.78, 5) is 41.7. The highest BCUT2D eigenvalue weighted by atomic mass is 35.5. The van der Waals surface area contributed by atoms with E-state index in [-0.39, 0.29) is 35.6 Å². The molecule has 3 amide bonds.